The number of oxime groups is 5. The van der Waals surface area contributed by atoms with Gasteiger partial charge in [0.25, 0.3) is 0 Å². The van der Waals surface area contributed by atoms with Crippen molar-refractivity contribution in [1.29, 1.82) is 0 Å². The summed E-state index contributed by atoms with van der Waals surface area (Å²) in [6, 6.07) is 37.5. The minimum Gasteiger partial charge on any atom is -0.850 e. The van der Waals surface area contributed by atoms with Crippen molar-refractivity contribution in [2.45, 2.75) is 188 Å². The number of nitrogens with zero attached hydrogens (tertiary/aromatic N) is 12. The van der Waals surface area contributed by atoms with Gasteiger partial charge in [0.1, 0.15) is 53.4 Å². The zero-order valence-corrected chi connectivity index (χ0v) is 86.6. The number of carbonyl (C=O) groups is 1. The number of methoxy groups -OCH3 is 1. The van der Waals surface area contributed by atoms with Crippen LogP contribution in [0.2, 0.25) is 0 Å². The summed E-state index contributed by atoms with van der Waals surface area (Å²) < 4.78 is 122. The number of aryl methyl sites for hydroxylation is 1. The molecule has 5 unspecified atom stereocenters. The van der Waals surface area contributed by atoms with E-state index in [-0.39, 0.29) is 119 Å². The maximum atomic E-state index is 13.4. The molecule has 0 spiro atoms. The first kappa shape index (κ1) is 109. The Morgan fingerprint density at radius 1 is 0.534 bits per heavy atom. The van der Waals surface area contributed by atoms with Gasteiger partial charge in [-0.05, 0) is 199 Å². The van der Waals surface area contributed by atoms with Gasteiger partial charge in [-0.15, -0.1) is 12.2 Å². The fraction of sp³-hybridized carbons (Fsp3) is 0.436. The number of rotatable bonds is 28. The minimum atomic E-state index is -3.38. The molecule has 0 amide bonds. The molecule has 26 nitrogen and oxygen atoms in total. The molecule has 8 aliphatic rings. The van der Waals surface area contributed by atoms with Crippen LogP contribution in [-0.2, 0) is 84.8 Å². The van der Waals surface area contributed by atoms with Crippen LogP contribution in [0.5, 0.6) is 5.75 Å². The van der Waals surface area contributed by atoms with Crippen LogP contribution < -0.4 is 61.2 Å². The zero-order valence-electron chi connectivity index (χ0n) is 77.0. The summed E-state index contributed by atoms with van der Waals surface area (Å²) in [5.41, 5.74) is 3.57. The van der Waals surface area contributed by atoms with E-state index in [2.05, 4.69) is 121 Å². The molecular weight excluding hydrogens is 1960 g/mol. The van der Waals surface area contributed by atoms with E-state index in [0.29, 0.717) is 43.2 Å². The number of aromatic nitrogens is 2. The number of imidazole rings is 1. The Balaban J connectivity index is 0.000000200. The van der Waals surface area contributed by atoms with Crippen molar-refractivity contribution >= 4 is 100 Å². The van der Waals surface area contributed by atoms with Gasteiger partial charge < -0.3 is 86.0 Å². The number of aldehydes is 1. The number of amidine groups is 5. The molecule has 0 aliphatic carbocycles. The van der Waals surface area contributed by atoms with E-state index >= 15 is 0 Å². The van der Waals surface area contributed by atoms with Crippen LogP contribution in [0.1, 0.15) is 186 Å². The number of ether oxygens (including phenoxy) is 1. The first-order chi connectivity index (χ1) is 62.0. The Morgan fingerprint density at radius 2 is 0.901 bits per heavy atom. The van der Waals surface area contributed by atoms with Crippen molar-refractivity contribution in [3.8, 4) is 11.4 Å². The van der Waals surface area contributed by atoms with Crippen LogP contribution in [0.3, 0.4) is 0 Å². The molecule has 15 rings (SSSR count). The van der Waals surface area contributed by atoms with Gasteiger partial charge in [-0.25, -0.2) is 26.9 Å². The number of benzene rings is 6. The number of fused-ring (bicyclic) bond motifs is 3. The Hall–Kier alpha value is -7.70. The number of hydrogen-bond donors (Lipinski definition) is 0. The van der Waals surface area contributed by atoms with Crippen LogP contribution in [-0.4, -0.2) is 154 Å². The Morgan fingerprint density at radius 3 is 1.28 bits per heavy atom. The molecule has 0 saturated carbocycles. The molecule has 0 radical (unpaired) electrons. The molecule has 7 aromatic rings. The fourth-order valence-corrected chi connectivity index (χ4v) is 18.9. The second-order valence-electron chi connectivity index (χ2n) is 32.4. The summed E-state index contributed by atoms with van der Waals surface area (Å²) in [5.74, 6) is 2.70. The van der Waals surface area contributed by atoms with E-state index < -0.39 is 49.4 Å². The fourth-order valence-electron chi connectivity index (χ4n) is 15.2. The molecule has 8 aliphatic heterocycles. The third-order valence-corrected chi connectivity index (χ3v) is 26.3. The number of allylic oxidation sites excluding steroid dienone is 4. The monoisotopic (exact) mass is 2070 g/mol. The average Bonchev–Trinajstić information content (AvgIpc) is 1.63. The predicted octanol–water partition coefficient (Wildman–Crippen LogP) is 19.3. The zero-order chi connectivity index (χ0) is 94.7. The molecule has 1 aromatic heterocycles. The molecular formula is C94H117Br3F5KN12O14P2. The largest absolute Gasteiger partial charge is 1.00 e. The predicted molar refractivity (Wildman–Crippen MR) is 505 cm³/mol. The number of hydrogen-bond acceptors (Lipinski definition) is 25. The van der Waals surface area contributed by atoms with E-state index in [1.54, 1.807) is 129 Å². The molecule has 6 aromatic carbocycles. The molecule has 37 heteroatoms. The first-order valence-corrected chi connectivity index (χ1v) is 51.1. The van der Waals surface area contributed by atoms with Crippen molar-refractivity contribution in [1.82, 2.24) is 34.1 Å². The standard InChI is InChI=1S/C25H25FN4O2.C19H28FN2O4P.C18H26FN2O5P.C14H14BrFN2O.C14H15FN2O.C4H9O.Br2.K/c1-17-15-29(16-27-17)22-11-6-19(13-23(22)31-3)18-5-4-12-30-24(14-18)28-32-25(30,2)20-7-9-21(26)10-8-20;1-5-8-9-14-22-18(15-27(23,24-6-2)25-7-3)21-26-19(22,4)16-10-12-17(20)13-11-16;1-4-24-27(23,25-5-2)14-17-20-26-18(3,21(17)12-6-7-13-22)15-8-10-16(19)11-9-15;1-14(10-4-6-12(16)7-5-10)18-8-2-3-11(15)9-13(18)17-19-14;1-14(11-6-8-12(15)9-7-11)17-10-4-2-3-5-13(17)16-18-14;1-4(2,3)5;1-2;/h6-11,13-16H,4-5,12H2,1-3H3;5,10-13H,1,6-9,14-15H2,2-4H3;8-11,13H,4-7,12,14H2,1-3H3;4-7,9H,2-3,8H2,1H3;3,5-9H,2,4,10H2,1H3;1-3H3;;/q;;;;;-1;;+1. The van der Waals surface area contributed by atoms with Crippen molar-refractivity contribution < 1.29 is 139 Å². The van der Waals surface area contributed by atoms with Gasteiger partial charge >= 0.3 is 66.6 Å². The Bertz CT molecular complexity index is 5130. The van der Waals surface area contributed by atoms with Crippen LogP contribution in [0, 0.1) is 36.0 Å². The topological polar surface area (TPSA) is 262 Å². The molecule has 0 bridgehead atoms. The van der Waals surface area contributed by atoms with Gasteiger partial charge in [0.05, 0.1) is 51.2 Å². The number of unbranched alkanes of at least 4 members (excludes halogenated alkanes) is 2. The van der Waals surface area contributed by atoms with Crippen LogP contribution >= 0.6 is 59.4 Å². The molecule has 9 heterocycles. The number of carbonyl (C=O) groups excluding carboxylic acids is 1. The van der Waals surface area contributed by atoms with Crippen molar-refractivity contribution in [3.05, 3.63) is 262 Å². The van der Waals surface area contributed by atoms with Crippen molar-refractivity contribution in [2.75, 3.05) is 78.6 Å². The first-order valence-electron chi connectivity index (χ1n) is 43.1. The third kappa shape index (κ3) is 28.7. The SMILES string of the molecule is BrBr.C=CCCCN1C(CP(=O)(OCC)OCC)=NOC1(C)c1ccc(F)cc1.CC(C)(C)[O-].CC1(c2ccc(F)cc2)ON=C2C=C(Br)CCCN21.CC1(c2ccc(F)cc2)ON=C2C=CCCCN21.CCOP(=O)(CC1=NOC(C)(c2ccc(F)cc2)N1CCCC=O)OCC.COc1cc(C2=CC3=NOC(C)(c4ccc(F)cc4)N3CCC2)ccc1-n1cnc(C)c1.[K+]. The van der Waals surface area contributed by atoms with E-state index in [1.165, 1.54) is 66.2 Å². The maximum Gasteiger partial charge on any atom is 1.00 e. The van der Waals surface area contributed by atoms with Gasteiger partial charge in [-0.1, -0.05) is 141 Å². The third-order valence-electron chi connectivity index (χ3n) is 21.8. The van der Waals surface area contributed by atoms with Crippen molar-refractivity contribution in [3.63, 3.8) is 0 Å². The second-order valence-corrected chi connectivity index (χ2v) is 37.5. The summed E-state index contributed by atoms with van der Waals surface area (Å²) in [4.78, 5) is 53.8. The summed E-state index contributed by atoms with van der Waals surface area (Å²) in [7, 11) is -5.04. The number of halogens is 8. The molecule has 131 heavy (non-hydrogen) atoms. The van der Waals surface area contributed by atoms with Gasteiger partial charge in [-0.2, -0.15) is 0 Å². The smallest absolute Gasteiger partial charge is 0.850 e. The minimum absolute atomic E-state index is 0. The normalized spacial score (nSPS) is 21.0. The van der Waals surface area contributed by atoms with E-state index in [1.807, 2.05) is 79.5 Å². The van der Waals surface area contributed by atoms with Crippen molar-refractivity contribution in [2.24, 2.45) is 25.8 Å². The second kappa shape index (κ2) is 50.2. The van der Waals surface area contributed by atoms with Crippen LogP contribution in [0.25, 0.3) is 11.3 Å². The molecule has 0 fully saturated rings. The van der Waals surface area contributed by atoms with Gasteiger partial charge in [0.2, 0.25) is 28.6 Å². The Labute approximate surface area is 832 Å². The quantitative estimate of drug-likeness (QED) is 0.0110. The van der Waals surface area contributed by atoms with Gasteiger partial charge in [-0.3, -0.25) is 9.13 Å². The van der Waals surface area contributed by atoms with E-state index in [4.69, 9.17) is 47.0 Å². The van der Waals surface area contributed by atoms with E-state index in [9.17, 15) is 41.0 Å². The summed E-state index contributed by atoms with van der Waals surface area (Å²) >= 11 is 9.03. The molecule has 704 valence electrons. The summed E-state index contributed by atoms with van der Waals surface area (Å²) in [6.07, 6.45) is 23.1. The summed E-state index contributed by atoms with van der Waals surface area (Å²) in [6.45, 7) is 31.8. The van der Waals surface area contributed by atoms with Gasteiger partial charge in [0.15, 0.2) is 29.2 Å². The Kier molecular flexibility index (Phi) is 41.6. The van der Waals surface area contributed by atoms with E-state index in [0.717, 1.165) is 144 Å². The van der Waals surface area contributed by atoms with Gasteiger partial charge in [0, 0.05) is 136 Å². The molecule has 0 N–H and O–H groups in total. The maximum absolute atomic E-state index is 13.4. The molecule has 0 saturated heterocycles. The van der Waals surface area contributed by atoms with Crippen LogP contribution in [0.4, 0.5) is 22.0 Å². The molecule has 5 atom stereocenters. The summed E-state index contributed by atoms with van der Waals surface area (Å²) in [5, 5.41) is 31.1. The van der Waals surface area contributed by atoms with Crippen LogP contribution in [0.15, 0.2) is 219 Å². The average molecular weight is 2070 g/mol.